The minimum Gasteiger partial charge on any atom is -0.489 e. The third-order valence-electron chi connectivity index (χ3n) is 2.83. The van der Waals surface area contributed by atoms with E-state index in [1.165, 1.54) is 0 Å². The Morgan fingerprint density at radius 3 is 2.23 bits per heavy atom. The summed E-state index contributed by atoms with van der Waals surface area (Å²) >= 11 is 0. The lowest BCUT2D eigenvalue weighted by Crippen LogP contribution is -2.16. The number of nitro groups is 1. The zero-order valence-corrected chi connectivity index (χ0v) is 11.8. The van der Waals surface area contributed by atoms with E-state index in [1.54, 1.807) is 24.3 Å². The lowest BCUT2D eigenvalue weighted by molar-refractivity contribution is -0.470. The molecule has 0 aliphatic heterocycles. The largest absolute Gasteiger partial charge is 0.489 e. The summed E-state index contributed by atoms with van der Waals surface area (Å²) < 4.78 is 10.4. The molecule has 114 valence electrons. The summed E-state index contributed by atoms with van der Waals surface area (Å²) in [5.74, 6) is -0.154. The van der Waals surface area contributed by atoms with Gasteiger partial charge in [-0.05, 0) is 23.3 Å². The number of hydrogen-bond acceptors (Lipinski definition) is 5. The van der Waals surface area contributed by atoms with Crippen molar-refractivity contribution < 1.29 is 19.2 Å². The SMILES string of the molecule is O=C(C[N+](=O)[O-])OCc1ccc(OCc2ccccc2)cc1. The van der Waals surface area contributed by atoms with Crippen LogP contribution in [0.25, 0.3) is 0 Å². The van der Waals surface area contributed by atoms with Crippen LogP contribution in [0.4, 0.5) is 0 Å². The fraction of sp³-hybridized carbons (Fsp3) is 0.188. The van der Waals surface area contributed by atoms with Crippen molar-refractivity contribution in [3.63, 3.8) is 0 Å². The first kappa shape index (κ1) is 15.5. The fourth-order valence-corrected chi connectivity index (χ4v) is 1.74. The predicted octanol–water partition coefficient (Wildman–Crippen LogP) is 2.59. The average molecular weight is 301 g/mol. The second-order valence-electron chi connectivity index (χ2n) is 4.57. The molecule has 2 rings (SSSR count). The van der Waals surface area contributed by atoms with Gasteiger partial charge in [0, 0.05) is 4.92 Å². The third kappa shape index (κ3) is 5.24. The van der Waals surface area contributed by atoms with Gasteiger partial charge in [-0.15, -0.1) is 0 Å². The van der Waals surface area contributed by atoms with E-state index in [9.17, 15) is 14.9 Å². The molecule has 0 saturated carbocycles. The van der Waals surface area contributed by atoms with Gasteiger partial charge in [-0.3, -0.25) is 10.1 Å². The van der Waals surface area contributed by atoms with Crippen molar-refractivity contribution in [3.05, 3.63) is 75.8 Å². The molecule has 22 heavy (non-hydrogen) atoms. The molecule has 0 bridgehead atoms. The molecule has 6 heteroatoms. The summed E-state index contributed by atoms with van der Waals surface area (Å²) in [7, 11) is 0. The predicted molar refractivity (Wildman–Crippen MR) is 78.9 cm³/mol. The van der Waals surface area contributed by atoms with Gasteiger partial charge >= 0.3 is 5.97 Å². The molecule has 0 N–H and O–H groups in total. The summed E-state index contributed by atoms with van der Waals surface area (Å²) in [5.41, 5.74) is 1.81. The van der Waals surface area contributed by atoms with Crippen LogP contribution in [0.2, 0.25) is 0 Å². The number of hydrogen-bond donors (Lipinski definition) is 0. The summed E-state index contributed by atoms with van der Waals surface area (Å²) in [4.78, 5) is 20.5. The highest BCUT2D eigenvalue weighted by Gasteiger charge is 2.10. The molecular weight excluding hydrogens is 286 g/mol. The van der Waals surface area contributed by atoms with Gasteiger partial charge in [-0.25, -0.2) is 4.79 Å². The number of esters is 1. The van der Waals surface area contributed by atoms with Gasteiger partial charge in [0.15, 0.2) is 0 Å². The van der Waals surface area contributed by atoms with Gasteiger partial charge in [-0.1, -0.05) is 42.5 Å². The molecule has 2 aromatic carbocycles. The lowest BCUT2D eigenvalue weighted by atomic mass is 10.2. The Hall–Kier alpha value is -2.89. The Kier molecular flexibility index (Phi) is 5.48. The Labute approximate surface area is 127 Å². The Balaban J connectivity index is 1.80. The molecule has 0 radical (unpaired) electrons. The average Bonchev–Trinajstić information content (AvgIpc) is 2.52. The minimum absolute atomic E-state index is 0.00559. The summed E-state index contributed by atoms with van der Waals surface area (Å²) in [6.07, 6.45) is 0. The monoisotopic (exact) mass is 301 g/mol. The molecule has 0 atom stereocenters. The first-order chi connectivity index (χ1) is 10.6. The molecule has 0 aliphatic carbocycles. The molecule has 0 spiro atoms. The van der Waals surface area contributed by atoms with E-state index in [0.717, 1.165) is 11.1 Å². The minimum atomic E-state index is -0.852. The van der Waals surface area contributed by atoms with E-state index in [4.69, 9.17) is 9.47 Å². The Morgan fingerprint density at radius 1 is 0.955 bits per heavy atom. The van der Waals surface area contributed by atoms with E-state index >= 15 is 0 Å². The molecule has 0 heterocycles. The number of ether oxygens (including phenoxy) is 2. The van der Waals surface area contributed by atoms with Gasteiger partial charge in [0.1, 0.15) is 19.0 Å². The van der Waals surface area contributed by atoms with Gasteiger partial charge in [0.25, 0.3) is 6.54 Å². The van der Waals surface area contributed by atoms with Crippen LogP contribution in [0.5, 0.6) is 5.75 Å². The summed E-state index contributed by atoms with van der Waals surface area (Å²) in [6, 6.07) is 16.8. The second kappa shape index (κ2) is 7.78. The Morgan fingerprint density at radius 2 is 1.59 bits per heavy atom. The number of carbonyl (C=O) groups excluding carboxylic acids is 1. The standard InChI is InChI=1S/C16H15NO5/c18-16(10-17(19)20)22-12-14-6-8-15(9-7-14)21-11-13-4-2-1-3-5-13/h1-9H,10-12H2. The van der Waals surface area contributed by atoms with E-state index in [2.05, 4.69) is 0 Å². The number of nitrogens with zero attached hydrogens (tertiary/aromatic N) is 1. The first-order valence-electron chi connectivity index (χ1n) is 6.66. The van der Waals surface area contributed by atoms with Crippen LogP contribution in [-0.2, 0) is 22.7 Å². The molecule has 0 amide bonds. The van der Waals surface area contributed by atoms with Crippen LogP contribution in [0, 0.1) is 10.1 Å². The number of rotatable bonds is 7. The van der Waals surface area contributed by atoms with Crippen LogP contribution in [0.15, 0.2) is 54.6 Å². The maximum Gasteiger partial charge on any atom is 0.378 e. The van der Waals surface area contributed by atoms with E-state index < -0.39 is 17.4 Å². The van der Waals surface area contributed by atoms with Crippen LogP contribution in [0.3, 0.4) is 0 Å². The molecule has 0 aliphatic rings. The molecule has 6 nitrogen and oxygen atoms in total. The smallest absolute Gasteiger partial charge is 0.378 e. The van der Waals surface area contributed by atoms with Crippen molar-refractivity contribution >= 4 is 5.97 Å². The van der Waals surface area contributed by atoms with Crippen LogP contribution in [-0.4, -0.2) is 17.4 Å². The van der Waals surface area contributed by atoms with Crippen LogP contribution in [0.1, 0.15) is 11.1 Å². The van der Waals surface area contributed by atoms with Gasteiger partial charge < -0.3 is 9.47 Å². The van der Waals surface area contributed by atoms with E-state index in [0.29, 0.717) is 12.4 Å². The number of benzene rings is 2. The highest BCUT2D eigenvalue weighted by atomic mass is 16.6. The maximum atomic E-state index is 11.1. The summed E-state index contributed by atoms with van der Waals surface area (Å²) in [6.45, 7) is -0.345. The molecule has 0 saturated heterocycles. The maximum absolute atomic E-state index is 11.1. The first-order valence-corrected chi connectivity index (χ1v) is 6.66. The Bertz CT molecular complexity index is 625. The zero-order chi connectivity index (χ0) is 15.8. The highest BCUT2D eigenvalue weighted by Crippen LogP contribution is 2.14. The fourth-order valence-electron chi connectivity index (χ4n) is 1.74. The van der Waals surface area contributed by atoms with E-state index in [-0.39, 0.29) is 6.61 Å². The number of carbonyl (C=O) groups is 1. The van der Waals surface area contributed by atoms with Crippen molar-refractivity contribution in [2.75, 3.05) is 6.54 Å². The van der Waals surface area contributed by atoms with Crippen molar-refractivity contribution in [2.24, 2.45) is 0 Å². The van der Waals surface area contributed by atoms with Crippen molar-refractivity contribution in [2.45, 2.75) is 13.2 Å². The van der Waals surface area contributed by atoms with Gasteiger partial charge in [-0.2, -0.15) is 0 Å². The quantitative estimate of drug-likeness (QED) is 0.446. The molecule has 0 unspecified atom stereocenters. The molecular formula is C16H15NO5. The van der Waals surface area contributed by atoms with Crippen molar-refractivity contribution in [3.8, 4) is 5.75 Å². The zero-order valence-electron chi connectivity index (χ0n) is 11.8. The normalized spacial score (nSPS) is 10.0. The van der Waals surface area contributed by atoms with E-state index in [1.807, 2.05) is 30.3 Å². The molecule has 2 aromatic rings. The van der Waals surface area contributed by atoms with Crippen molar-refractivity contribution in [1.29, 1.82) is 0 Å². The lowest BCUT2D eigenvalue weighted by Gasteiger charge is -2.07. The van der Waals surface area contributed by atoms with Gasteiger partial charge in [0.05, 0.1) is 0 Å². The molecule has 0 fully saturated rings. The topological polar surface area (TPSA) is 78.7 Å². The molecule has 0 aromatic heterocycles. The van der Waals surface area contributed by atoms with Crippen LogP contribution < -0.4 is 4.74 Å². The van der Waals surface area contributed by atoms with Gasteiger partial charge in [0.2, 0.25) is 0 Å². The summed E-state index contributed by atoms with van der Waals surface area (Å²) in [5, 5.41) is 10.1. The third-order valence-corrected chi connectivity index (χ3v) is 2.83. The van der Waals surface area contributed by atoms with Crippen LogP contribution >= 0.6 is 0 Å². The second-order valence-corrected chi connectivity index (χ2v) is 4.57. The highest BCUT2D eigenvalue weighted by molar-refractivity contribution is 5.70. The van der Waals surface area contributed by atoms with Crippen molar-refractivity contribution in [1.82, 2.24) is 0 Å².